The molecule has 8 nitrogen and oxygen atoms in total. The van der Waals surface area contributed by atoms with Crippen molar-refractivity contribution in [2.24, 2.45) is 0 Å². The number of hydrogen-bond donors (Lipinski definition) is 1. The summed E-state index contributed by atoms with van der Waals surface area (Å²) in [5, 5.41) is 3.73. The molecule has 1 aliphatic carbocycles. The Bertz CT molecular complexity index is 2070. The molecule has 0 spiro atoms. The number of hydrogen-bond acceptors (Lipinski definition) is 5. The van der Waals surface area contributed by atoms with Crippen LogP contribution in [0.25, 0.3) is 0 Å². The monoisotopic (exact) mass is 749 g/mol. The van der Waals surface area contributed by atoms with E-state index < -0.39 is 28.5 Å². The molecule has 6 rings (SSSR count). The van der Waals surface area contributed by atoms with E-state index in [0.717, 1.165) is 47.5 Å². The van der Waals surface area contributed by atoms with Gasteiger partial charge in [-0.2, -0.15) is 0 Å². The van der Waals surface area contributed by atoms with Crippen LogP contribution in [-0.2, 0) is 32.6 Å². The zero-order valence-electron chi connectivity index (χ0n) is 29.7. The second-order valence-electron chi connectivity index (χ2n) is 13.4. The number of carbonyl (C=O) groups is 2. The van der Waals surface area contributed by atoms with Crippen molar-refractivity contribution in [3.63, 3.8) is 0 Å². The number of rotatable bonds is 14. The normalized spacial score (nSPS) is 13.8. The molecule has 10 heteroatoms. The fourth-order valence-electron chi connectivity index (χ4n) is 6.60. The van der Waals surface area contributed by atoms with Crippen molar-refractivity contribution in [2.45, 2.75) is 69.0 Å². The van der Waals surface area contributed by atoms with Crippen molar-refractivity contribution >= 4 is 39.1 Å². The fraction of sp³-hybridized carbons (Fsp3) is 0.256. The number of sulfonamides is 1. The number of amides is 2. The number of para-hydroxylation sites is 1. The van der Waals surface area contributed by atoms with E-state index >= 15 is 0 Å². The Kier molecular flexibility index (Phi) is 12.5. The topological polar surface area (TPSA) is 96.0 Å². The first-order valence-corrected chi connectivity index (χ1v) is 19.8. The average molecular weight is 750 g/mol. The Hall–Kier alpha value is -5.12. The van der Waals surface area contributed by atoms with Crippen LogP contribution in [0.1, 0.15) is 48.8 Å². The maximum absolute atomic E-state index is 14.9. The summed E-state index contributed by atoms with van der Waals surface area (Å²) in [5.41, 5.74) is 2.76. The van der Waals surface area contributed by atoms with Gasteiger partial charge in [-0.05, 0) is 91.6 Å². The quantitative estimate of drug-likeness (QED) is 0.123. The zero-order chi connectivity index (χ0) is 37.2. The third kappa shape index (κ3) is 10.1. The predicted octanol–water partition coefficient (Wildman–Crippen LogP) is 8.73. The minimum atomic E-state index is -4.25. The van der Waals surface area contributed by atoms with Crippen molar-refractivity contribution in [1.29, 1.82) is 0 Å². The van der Waals surface area contributed by atoms with Crippen LogP contribution in [0.2, 0.25) is 5.02 Å². The molecule has 1 N–H and O–H groups in total. The molecule has 0 aromatic heterocycles. The molecule has 53 heavy (non-hydrogen) atoms. The van der Waals surface area contributed by atoms with Gasteiger partial charge in [-0.25, -0.2) is 8.42 Å². The van der Waals surface area contributed by atoms with E-state index in [1.807, 2.05) is 73.7 Å². The number of halogens is 1. The standard InChI is InChI=1S/C43H44ClN3O5S/c1-32-20-26-40(27-21-32)53(50,51)47(37-22-24-39(25-23-37)52-38-18-9-4-10-19-38)31-42(48)46(30-34-14-11-15-35(44)28-34)41(29-33-12-5-2-6-13-33)43(49)45-36-16-7-3-8-17-36/h2,4-6,9-15,18-28,36,41H,3,7-8,16-17,29-31H2,1H3,(H,45,49)/t41-/m0/s1. The Morgan fingerprint density at radius 2 is 1.40 bits per heavy atom. The lowest BCUT2D eigenvalue weighted by molar-refractivity contribution is -0.140. The summed E-state index contributed by atoms with van der Waals surface area (Å²) in [6.45, 7) is 1.36. The van der Waals surface area contributed by atoms with Crippen LogP contribution in [0, 0.1) is 6.92 Å². The van der Waals surface area contributed by atoms with Gasteiger partial charge in [-0.3, -0.25) is 13.9 Å². The molecule has 1 fully saturated rings. The van der Waals surface area contributed by atoms with Gasteiger partial charge in [-0.15, -0.1) is 0 Å². The van der Waals surface area contributed by atoms with Gasteiger partial charge in [0, 0.05) is 24.0 Å². The Balaban J connectivity index is 1.38. The van der Waals surface area contributed by atoms with Crippen LogP contribution in [0.3, 0.4) is 0 Å². The van der Waals surface area contributed by atoms with E-state index in [1.165, 1.54) is 17.0 Å². The number of anilines is 1. The van der Waals surface area contributed by atoms with Crippen LogP contribution in [0.5, 0.6) is 11.5 Å². The van der Waals surface area contributed by atoms with Crippen molar-refractivity contribution in [1.82, 2.24) is 10.2 Å². The van der Waals surface area contributed by atoms with E-state index in [2.05, 4.69) is 5.32 Å². The smallest absolute Gasteiger partial charge is 0.264 e. The van der Waals surface area contributed by atoms with Crippen molar-refractivity contribution < 1.29 is 22.7 Å². The molecule has 0 aliphatic heterocycles. The van der Waals surface area contributed by atoms with Crippen LogP contribution in [0.4, 0.5) is 5.69 Å². The largest absolute Gasteiger partial charge is 0.457 e. The first-order chi connectivity index (χ1) is 25.7. The van der Waals surface area contributed by atoms with Crippen molar-refractivity contribution in [3.8, 4) is 11.5 Å². The van der Waals surface area contributed by atoms with Crippen LogP contribution in [-0.4, -0.2) is 43.8 Å². The molecule has 0 saturated heterocycles. The lowest BCUT2D eigenvalue weighted by atomic mass is 9.94. The lowest BCUT2D eigenvalue weighted by Crippen LogP contribution is -2.55. The molecule has 2 amide bonds. The number of carbonyl (C=O) groups excluding carboxylic acids is 2. The van der Waals surface area contributed by atoms with Gasteiger partial charge in [0.2, 0.25) is 11.8 Å². The minimum Gasteiger partial charge on any atom is -0.457 e. The maximum Gasteiger partial charge on any atom is 0.264 e. The third-order valence-corrected chi connectivity index (χ3v) is 11.5. The van der Waals surface area contributed by atoms with E-state index in [-0.39, 0.29) is 35.5 Å². The SMILES string of the molecule is Cc1ccc(S(=O)(=O)N(CC(=O)N(Cc2cccc(Cl)c2)[C@@H](Cc2ccccc2)C(=O)NC2CCCCC2)c2ccc(Oc3ccccc3)cc2)cc1. The van der Waals surface area contributed by atoms with Crippen molar-refractivity contribution in [3.05, 3.63) is 155 Å². The molecule has 1 atom stereocenters. The summed E-state index contributed by atoms with van der Waals surface area (Å²) in [7, 11) is -4.25. The van der Waals surface area contributed by atoms with Gasteiger partial charge in [0.25, 0.3) is 10.0 Å². The van der Waals surface area contributed by atoms with Gasteiger partial charge in [-0.1, -0.05) is 109 Å². The number of aryl methyl sites for hydroxylation is 1. The summed E-state index contributed by atoms with van der Waals surface area (Å²) in [4.78, 5) is 30.7. The summed E-state index contributed by atoms with van der Waals surface area (Å²) in [6, 6.07) is 38.1. The number of nitrogens with one attached hydrogen (secondary N) is 1. The Morgan fingerprint density at radius 1 is 0.774 bits per heavy atom. The summed E-state index contributed by atoms with van der Waals surface area (Å²) < 4.78 is 36.0. The van der Waals surface area contributed by atoms with Crippen molar-refractivity contribution in [2.75, 3.05) is 10.8 Å². The van der Waals surface area contributed by atoms with Gasteiger partial charge in [0.05, 0.1) is 10.6 Å². The molecule has 1 saturated carbocycles. The molecule has 274 valence electrons. The Morgan fingerprint density at radius 3 is 2.06 bits per heavy atom. The predicted molar refractivity (Wildman–Crippen MR) is 210 cm³/mol. The van der Waals surface area contributed by atoms with E-state index in [4.69, 9.17) is 16.3 Å². The maximum atomic E-state index is 14.9. The number of benzene rings is 5. The molecule has 0 radical (unpaired) electrons. The highest BCUT2D eigenvalue weighted by Gasteiger charge is 2.35. The Labute approximate surface area is 317 Å². The zero-order valence-corrected chi connectivity index (χ0v) is 31.3. The minimum absolute atomic E-state index is 0.00711. The highest BCUT2D eigenvalue weighted by Crippen LogP contribution is 2.29. The second kappa shape index (κ2) is 17.6. The van der Waals surface area contributed by atoms with E-state index in [9.17, 15) is 18.0 Å². The van der Waals surface area contributed by atoms with E-state index in [0.29, 0.717) is 22.1 Å². The molecule has 0 unspecified atom stereocenters. The molecule has 1 aliphatic rings. The highest BCUT2D eigenvalue weighted by atomic mass is 35.5. The van der Waals surface area contributed by atoms with Crippen LogP contribution >= 0.6 is 11.6 Å². The first-order valence-electron chi connectivity index (χ1n) is 18.0. The highest BCUT2D eigenvalue weighted by molar-refractivity contribution is 7.92. The average Bonchev–Trinajstić information content (AvgIpc) is 3.17. The molecule has 0 heterocycles. The third-order valence-electron chi connectivity index (χ3n) is 9.46. The lowest BCUT2D eigenvalue weighted by Gasteiger charge is -2.35. The molecule has 5 aromatic rings. The fourth-order valence-corrected chi connectivity index (χ4v) is 8.23. The summed E-state index contributed by atoms with van der Waals surface area (Å²) in [5.74, 6) is 0.326. The van der Waals surface area contributed by atoms with Gasteiger partial charge >= 0.3 is 0 Å². The molecular formula is C43H44ClN3O5S. The summed E-state index contributed by atoms with van der Waals surface area (Å²) in [6.07, 6.45) is 5.17. The van der Waals surface area contributed by atoms with Crippen LogP contribution < -0.4 is 14.4 Å². The molecule has 5 aromatic carbocycles. The molecule has 0 bridgehead atoms. The first kappa shape index (κ1) is 37.6. The van der Waals surface area contributed by atoms with Gasteiger partial charge < -0.3 is 15.0 Å². The van der Waals surface area contributed by atoms with E-state index in [1.54, 1.807) is 54.6 Å². The summed E-state index contributed by atoms with van der Waals surface area (Å²) >= 11 is 6.40. The van der Waals surface area contributed by atoms with Crippen LogP contribution in [0.15, 0.2) is 138 Å². The number of ether oxygens (including phenoxy) is 1. The number of nitrogens with zero attached hydrogens (tertiary/aromatic N) is 2. The molecular weight excluding hydrogens is 706 g/mol. The van der Waals surface area contributed by atoms with Gasteiger partial charge in [0.1, 0.15) is 24.1 Å². The van der Waals surface area contributed by atoms with Gasteiger partial charge in [0.15, 0.2) is 0 Å². The second-order valence-corrected chi connectivity index (χ2v) is 15.7.